The summed E-state index contributed by atoms with van der Waals surface area (Å²) in [6.07, 6.45) is -0.415. The zero-order valence-corrected chi connectivity index (χ0v) is 18.4. The van der Waals surface area contributed by atoms with Gasteiger partial charge in [-0.3, -0.25) is 10.7 Å². The fraction of sp³-hybridized carbons (Fsp3) is 0.333. The molecule has 13 heteroatoms. The molecule has 1 aliphatic rings. The number of amidine groups is 1. The van der Waals surface area contributed by atoms with Crippen molar-refractivity contribution in [3.05, 3.63) is 52.3 Å². The van der Waals surface area contributed by atoms with Crippen LogP contribution in [0.15, 0.2) is 29.3 Å². The summed E-state index contributed by atoms with van der Waals surface area (Å²) in [7, 11) is 0. The van der Waals surface area contributed by atoms with Crippen LogP contribution in [0, 0.1) is 17.5 Å². The highest BCUT2D eigenvalue weighted by Crippen LogP contribution is 2.28. The number of benzene rings is 2. The molecule has 1 aliphatic heterocycles. The molecule has 0 unspecified atom stereocenters. The Bertz CT molecular complexity index is 1220. The standard InChI is InChI=1S/C21H20ClF5N6O/c22-13-9-11(1-2-14(13)23)29-19(32-34)12-10-15(24)16(25)18-17(12)30-20(31-18)28-5-8-33-6-3-21(26,27)4-7-33/h1-2,9-10,34H,3-8H2,(H,29,32)(H2,28,30,31). The molecule has 0 spiro atoms. The summed E-state index contributed by atoms with van der Waals surface area (Å²) in [4.78, 5) is 12.8. The quantitative estimate of drug-likeness (QED) is 0.168. The van der Waals surface area contributed by atoms with Crippen LogP contribution in [-0.4, -0.2) is 58.0 Å². The number of fused-ring (bicyclic) bond motifs is 1. The zero-order chi connectivity index (χ0) is 24.5. The first-order valence-electron chi connectivity index (χ1n) is 10.3. The number of nitrogens with one attached hydrogen (secondary N) is 3. The molecule has 7 nitrogen and oxygen atoms in total. The predicted molar refractivity (Wildman–Crippen MR) is 118 cm³/mol. The van der Waals surface area contributed by atoms with Gasteiger partial charge >= 0.3 is 0 Å². The summed E-state index contributed by atoms with van der Waals surface area (Å²) in [5.74, 6) is -5.89. The Balaban J connectivity index is 1.57. The molecule has 1 fully saturated rings. The monoisotopic (exact) mass is 502 g/mol. The Kier molecular flexibility index (Phi) is 6.91. The van der Waals surface area contributed by atoms with Gasteiger partial charge in [-0.2, -0.15) is 0 Å². The number of H-pyrrole nitrogens is 1. The number of hydroxylamine groups is 1. The van der Waals surface area contributed by atoms with Crippen molar-refractivity contribution >= 4 is 40.1 Å². The van der Waals surface area contributed by atoms with E-state index in [1.54, 1.807) is 0 Å². The molecule has 0 amide bonds. The van der Waals surface area contributed by atoms with Crippen LogP contribution in [0.4, 0.5) is 33.6 Å². The van der Waals surface area contributed by atoms with E-state index in [9.17, 15) is 27.2 Å². The summed E-state index contributed by atoms with van der Waals surface area (Å²) in [6, 6.07) is 4.37. The molecule has 4 N–H and O–H groups in total. The van der Waals surface area contributed by atoms with Crippen molar-refractivity contribution < 1.29 is 27.2 Å². The van der Waals surface area contributed by atoms with Crippen LogP contribution >= 0.6 is 11.6 Å². The van der Waals surface area contributed by atoms with E-state index in [1.165, 1.54) is 12.1 Å². The lowest BCUT2D eigenvalue weighted by Gasteiger charge is -2.31. The van der Waals surface area contributed by atoms with Gasteiger partial charge in [0.2, 0.25) is 5.95 Å². The molecule has 3 aromatic rings. The molecule has 182 valence electrons. The van der Waals surface area contributed by atoms with E-state index in [1.807, 2.05) is 10.4 Å². The fourth-order valence-corrected chi connectivity index (χ4v) is 3.81. The maximum atomic E-state index is 14.4. The van der Waals surface area contributed by atoms with Crippen LogP contribution in [0.3, 0.4) is 0 Å². The van der Waals surface area contributed by atoms with Crippen molar-refractivity contribution in [3.8, 4) is 0 Å². The van der Waals surface area contributed by atoms with Gasteiger partial charge < -0.3 is 15.2 Å². The maximum absolute atomic E-state index is 14.4. The summed E-state index contributed by atoms with van der Waals surface area (Å²) < 4.78 is 68.7. The number of aromatic amines is 1. The van der Waals surface area contributed by atoms with Crippen molar-refractivity contribution in [2.24, 2.45) is 4.99 Å². The van der Waals surface area contributed by atoms with E-state index >= 15 is 0 Å². The van der Waals surface area contributed by atoms with E-state index in [-0.39, 0.29) is 65.0 Å². The van der Waals surface area contributed by atoms with Crippen LogP contribution in [0.1, 0.15) is 18.4 Å². The SMILES string of the molecule is ONC(=Nc1ccc(F)c(Cl)c1)c1cc(F)c(F)c2nc(NCCN3CCC(F)(F)CC3)[nH]c12. The molecule has 0 aliphatic carbocycles. The van der Waals surface area contributed by atoms with Crippen LogP contribution in [0.25, 0.3) is 11.0 Å². The molecule has 1 aromatic heterocycles. The number of anilines is 1. The topological polar surface area (TPSA) is 88.6 Å². The Labute approximate surface area is 195 Å². The van der Waals surface area contributed by atoms with Gasteiger partial charge in [0.15, 0.2) is 17.5 Å². The molecule has 0 bridgehead atoms. The number of aromatic nitrogens is 2. The lowest BCUT2D eigenvalue weighted by molar-refractivity contribution is -0.0543. The fourth-order valence-electron chi connectivity index (χ4n) is 3.64. The average Bonchev–Trinajstić information content (AvgIpc) is 3.23. The molecule has 2 aromatic carbocycles. The summed E-state index contributed by atoms with van der Waals surface area (Å²) in [5, 5.41) is 12.3. The van der Waals surface area contributed by atoms with Crippen molar-refractivity contribution in [3.63, 3.8) is 0 Å². The number of hydrogen-bond donors (Lipinski definition) is 4. The molecule has 0 atom stereocenters. The van der Waals surface area contributed by atoms with Gasteiger partial charge in [-0.05, 0) is 24.3 Å². The number of piperidine rings is 1. The average molecular weight is 503 g/mol. The minimum atomic E-state index is -2.64. The molecular formula is C21H20ClF5N6O. The second-order valence-corrected chi connectivity index (χ2v) is 8.23. The van der Waals surface area contributed by atoms with Gasteiger partial charge in [0, 0.05) is 44.6 Å². The first-order chi connectivity index (χ1) is 16.2. The third-order valence-corrected chi connectivity index (χ3v) is 5.76. The number of aliphatic imine (C=N–C) groups is 1. The number of imidazole rings is 1. The van der Waals surface area contributed by atoms with Crippen LogP contribution in [-0.2, 0) is 0 Å². The van der Waals surface area contributed by atoms with Crippen molar-refractivity contribution in [2.45, 2.75) is 18.8 Å². The summed E-state index contributed by atoms with van der Waals surface area (Å²) >= 11 is 5.75. The van der Waals surface area contributed by atoms with Gasteiger partial charge in [0.25, 0.3) is 5.92 Å². The maximum Gasteiger partial charge on any atom is 0.250 e. The zero-order valence-electron chi connectivity index (χ0n) is 17.6. The number of halogens is 6. The minimum Gasteiger partial charge on any atom is -0.355 e. The van der Waals surface area contributed by atoms with Crippen LogP contribution in [0.5, 0.6) is 0 Å². The Morgan fingerprint density at radius 1 is 1.18 bits per heavy atom. The van der Waals surface area contributed by atoms with Gasteiger partial charge in [-0.1, -0.05) is 11.6 Å². The smallest absolute Gasteiger partial charge is 0.250 e. The second kappa shape index (κ2) is 9.72. The van der Waals surface area contributed by atoms with Gasteiger partial charge in [-0.15, -0.1) is 0 Å². The third-order valence-electron chi connectivity index (χ3n) is 5.47. The molecule has 1 saturated heterocycles. The van der Waals surface area contributed by atoms with E-state index in [4.69, 9.17) is 11.6 Å². The van der Waals surface area contributed by atoms with Gasteiger partial charge in [0.05, 0.1) is 16.2 Å². The molecular weight excluding hydrogens is 483 g/mol. The number of nitrogens with zero attached hydrogens (tertiary/aromatic N) is 3. The van der Waals surface area contributed by atoms with E-state index in [0.29, 0.717) is 13.1 Å². The number of likely N-dealkylation sites (tertiary alicyclic amines) is 1. The number of alkyl halides is 2. The minimum absolute atomic E-state index is 0.0347. The summed E-state index contributed by atoms with van der Waals surface area (Å²) in [5.41, 5.74) is 1.63. The van der Waals surface area contributed by atoms with Gasteiger partial charge in [0.1, 0.15) is 11.3 Å². The highest BCUT2D eigenvalue weighted by molar-refractivity contribution is 6.31. The Hall–Kier alpha value is -2.96. The lowest BCUT2D eigenvalue weighted by atomic mass is 10.1. The van der Waals surface area contributed by atoms with Crippen molar-refractivity contribution in [2.75, 3.05) is 31.5 Å². The molecule has 34 heavy (non-hydrogen) atoms. The number of rotatable bonds is 6. The predicted octanol–water partition coefficient (Wildman–Crippen LogP) is 4.83. The molecule has 2 heterocycles. The van der Waals surface area contributed by atoms with E-state index < -0.39 is 23.4 Å². The first kappa shape index (κ1) is 24.2. The highest BCUT2D eigenvalue weighted by atomic mass is 35.5. The lowest BCUT2D eigenvalue weighted by Crippen LogP contribution is -2.41. The normalized spacial score (nSPS) is 16.7. The summed E-state index contributed by atoms with van der Waals surface area (Å²) in [6.45, 7) is 1.29. The second-order valence-electron chi connectivity index (χ2n) is 7.82. The molecule has 4 rings (SSSR count). The first-order valence-corrected chi connectivity index (χ1v) is 10.7. The van der Waals surface area contributed by atoms with Crippen molar-refractivity contribution in [1.82, 2.24) is 20.3 Å². The third kappa shape index (κ3) is 5.24. The Morgan fingerprint density at radius 2 is 1.91 bits per heavy atom. The van der Waals surface area contributed by atoms with Crippen LogP contribution < -0.4 is 10.8 Å². The van der Waals surface area contributed by atoms with Crippen LogP contribution in [0.2, 0.25) is 5.02 Å². The van der Waals surface area contributed by atoms with E-state index in [0.717, 1.165) is 12.1 Å². The highest BCUT2D eigenvalue weighted by Gasteiger charge is 2.33. The number of hydrogen-bond acceptors (Lipinski definition) is 5. The molecule has 0 saturated carbocycles. The Morgan fingerprint density at radius 3 is 2.59 bits per heavy atom. The van der Waals surface area contributed by atoms with Gasteiger partial charge in [-0.25, -0.2) is 31.9 Å². The molecule has 0 radical (unpaired) electrons. The largest absolute Gasteiger partial charge is 0.355 e. The van der Waals surface area contributed by atoms with Crippen molar-refractivity contribution in [1.29, 1.82) is 0 Å². The van der Waals surface area contributed by atoms with E-state index in [2.05, 4.69) is 20.3 Å².